The van der Waals surface area contributed by atoms with E-state index in [9.17, 15) is 19.5 Å². The number of aromatic hydroxyl groups is 1. The molecular weight excluding hydrogens is 508 g/mol. The second-order valence-electron chi connectivity index (χ2n) is 13.5. The van der Waals surface area contributed by atoms with Crippen molar-refractivity contribution in [1.82, 2.24) is 0 Å². The number of phenols is 1. The number of aldehydes is 1. The molecule has 1 saturated heterocycles. The van der Waals surface area contributed by atoms with Crippen molar-refractivity contribution in [3.63, 3.8) is 0 Å². The number of ether oxygens (including phenoxy) is 3. The monoisotopic (exact) mass is 546 g/mol. The van der Waals surface area contributed by atoms with Gasteiger partial charge < -0.3 is 19.3 Å². The molecule has 5 atom stereocenters. The number of ketones is 2. The van der Waals surface area contributed by atoms with Gasteiger partial charge in [-0.1, -0.05) is 17.7 Å². The van der Waals surface area contributed by atoms with E-state index >= 15 is 0 Å². The second kappa shape index (κ2) is 8.41. The van der Waals surface area contributed by atoms with Gasteiger partial charge in [-0.25, -0.2) is 0 Å². The summed E-state index contributed by atoms with van der Waals surface area (Å²) in [5, 5.41) is 11.6. The Morgan fingerprint density at radius 3 is 2.45 bits per heavy atom. The maximum absolute atomic E-state index is 14.6. The quantitative estimate of drug-likeness (QED) is 0.287. The van der Waals surface area contributed by atoms with E-state index in [-0.39, 0.29) is 46.9 Å². The Hall–Kier alpha value is -3.19. The van der Waals surface area contributed by atoms with Gasteiger partial charge in [-0.15, -0.1) is 0 Å². The molecule has 7 nitrogen and oxygen atoms in total. The molecule has 0 aromatic heterocycles. The first-order valence-corrected chi connectivity index (χ1v) is 14.2. The fourth-order valence-corrected chi connectivity index (χ4v) is 7.98. The van der Waals surface area contributed by atoms with Crippen molar-refractivity contribution >= 4 is 23.9 Å². The maximum atomic E-state index is 14.6. The van der Waals surface area contributed by atoms with Crippen LogP contribution in [0, 0.1) is 17.8 Å². The van der Waals surface area contributed by atoms with E-state index in [0.29, 0.717) is 41.7 Å². The van der Waals surface area contributed by atoms with E-state index < -0.39 is 28.3 Å². The number of carbonyl (C=O) groups is 3. The first kappa shape index (κ1) is 27.0. The van der Waals surface area contributed by atoms with Crippen molar-refractivity contribution in [2.75, 3.05) is 0 Å². The molecule has 4 bridgehead atoms. The van der Waals surface area contributed by atoms with Crippen LogP contribution in [0.1, 0.15) is 89.2 Å². The van der Waals surface area contributed by atoms with Crippen molar-refractivity contribution in [2.45, 2.75) is 96.6 Å². The molecule has 40 heavy (non-hydrogen) atoms. The fourth-order valence-electron chi connectivity index (χ4n) is 7.98. The van der Waals surface area contributed by atoms with Crippen molar-refractivity contribution < 1.29 is 33.7 Å². The third-order valence-corrected chi connectivity index (χ3v) is 9.73. The standard InChI is InChI=1S/C33H38O7/c1-17(2)8-9-21-27-20(11-12-30(4,5)38-27)25(35)24-26(36)22-14-19-15-23-31(6,7)40-32(29(19)37,13-10-18(3)16-34)33(22,23)39-28(21)24/h8,10-12,16,19,22-23,35H,9,13-15H2,1-7H3/b18-10+/t19-,22?,23?,32-,33+/m1/s1. The highest BCUT2D eigenvalue weighted by atomic mass is 16.6. The average Bonchev–Trinajstić information content (AvgIpc) is 3.03. The van der Waals surface area contributed by atoms with Crippen LogP contribution in [-0.2, 0) is 20.7 Å². The van der Waals surface area contributed by atoms with Gasteiger partial charge in [-0.2, -0.15) is 0 Å². The van der Waals surface area contributed by atoms with Crippen LogP contribution in [0.2, 0.25) is 0 Å². The Labute approximate surface area is 235 Å². The van der Waals surface area contributed by atoms with Gasteiger partial charge in [0.05, 0.1) is 17.1 Å². The minimum absolute atomic E-state index is 0.0647. The zero-order valence-corrected chi connectivity index (χ0v) is 24.3. The molecular formula is C33H38O7. The lowest BCUT2D eigenvalue weighted by atomic mass is 9.46. The van der Waals surface area contributed by atoms with Crippen LogP contribution in [0.25, 0.3) is 6.08 Å². The highest BCUT2D eigenvalue weighted by molar-refractivity contribution is 6.09. The van der Waals surface area contributed by atoms with Crippen molar-refractivity contribution in [3.8, 4) is 17.2 Å². The van der Waals surface area contributed by atoms with Crippen LogP contribution in [0.5, 0.6) is 17.2 Å². The molecule has 7 rings (SSSR count). The zero-order chi connectivity index (χ0) is 29.0. The summed E-state index contributed by atoms with van der Waals surface area (Å²) < 4.78 is 20.3. The molecule has 3 aliphatic carbocycles. The summed E-state index contributed by atoms with van der Waals surface area (Å²) in [6.07, 6.45) is 9.69. The summed E-state index contributed by atoms with van der Waals surface area (Å²) in [5.74, 6) is -0.935. The van der Waals surface area contributed by atoms with Crippen LogP contribution in [0.15, 0.2) is 29.4 Å². The van der Waals surface area contributed by atoms with Gasteiger partial charge in [0, 0.05) is 23.8 Å². The number of allylic oxidation sites excluding steroid dienone is 3. The number of fused-ring (bicyclic) bond motifs is 2. The highest BCUT2D eigenvalue weighted by Gasteiger charge is 2.83. The summed E-state index contributed by atoms with van der Waals surface area (Å²) in [5.41, 5.74) is -1.20. The van der Waals surface area contributed by atoms with Crippen LogP contribution in [0.3, 0.4) is 0 Å². The summed E-state index contributed by atoms with van der Waals surface area (Å²) in [6.45, 7) is 13.5. The molecule has 4 fully saturated rings. The summed E-state index contributed by atoms with van der Waals surface area (Å²) >= 11 is 0. The molecule has 6 aliphatic rings. The zero-order valence-electron chi connectivity index (χ0n) is 24.3. The Morgan fingerprint density at radius 1 is 1.05 bits per heavy atom. The molecule has 7 heteroatoms. The Morgan fingerprint density at radius 2 is 1.77 bits per heavy atom. The Balaban J connectivity index is 1.65. The number of hydrogen-bond acceptors (Lipinski definition) is 7. The molecule has 212 valence electrons. The first-order valence-electron chi connectivity index (χ1n) is 14.2. The van der Waals surface area contributed by atoms with Gasteiger partial charge in [-0.3, -0.25) is 14.4 Å². The van der Waals surface area contributed by atoms with Gasteiger partial charge in [0.2, 0.25) is 0 Å². The van der Waals surface area contributed by atoms with Gasteiger partial charge >= 0.3 is 0 Å². The van der Waals surface area contributed by atoms with E-state index in [4.69, 9.17) is 14.2 Å². The molecule has 0 amide bonds. The minimum Gasteiger partial charge on any atom is -0.506 e. The van der Waals surface area contributed by atoms with Gasteiger partial charge in [0.25, 0.3) is 0 Å². The lowest BCUT2D eigenvalue weighted by Gasteiger charge is -2.60. The largest absolute Gasteiger partial charge is 0.506 e. The maximum Gasteiger partial charge on any atom is 0.177 e. The van der Waals surface area contributed by atoms with Crippen molar-refractivity contribution in [2.24, 2.45) is 17.8 Å². The molecule has 3 saturated carbocycles. The Kier molecular flexibility index (Phi) is 5.68. The van der Waals surface area contributed by atoms with E-state index in [1.165, 1.54) is 0 Å². The van der Waals surface area contributed by atoms with Gasteiger partial charge in [0.1, 0.15) is 34.7 Å². The minimum atomic E-state index is -1.43. The normalized spacial score (nSPS) is 33.9. The smallest absolute Gasteiger partial charge is 0.177 e. The first-order chi connectivity index (χ1) is 18.7. The second-order valence-corrected chi connectivity index (χ2v) is 13.5. The lowest BCUT2D eigenvalue weighted by Crippen LogP contribution is -2.76. The molecule has 3 heterocycles. The molecule has 1 spiro atoms. The van der Waals surface area contributed by atoms with Gasteiger partial charge in [-0.05, 0) is 85.5 Å². The topological polar surface area (TPSA) is 99.1 Å². The number of carbonyl (C=O) groups excluding carboxylic acids is 3. The third-order valence-electron chi connectivity index (χ3n) is 9.73. The van der Waals surface area contributed by atoms with E-state index in [1.54, 1.807) is 13.0 Å². The number of rotatable bonds is 5. The van der Waals surface area contributed by atoms with Crippen molar-refractivity contribution in [1.29, 1.82) is 0 Å². The van der Waals surface area contributed by atoms with Crippen LogP contribution >= 0.6 is 0 Å². The molecule has 1 aromatic carbocycles. The van der Waals surface area contributed by atoms with Crippen LogP contribution in [0.4, 0.5) is 0 Å². The molecule has 2 unspecified atom stereocenters. The summed E-state index contributed by atoms with van der Waals surface area (Å²) in [7, 11) is 0. The van der Waals surface area contributed by atoms with E-state index in [2.05, 4.69) is 0 Å². The number of benzene rings is 1. The van der Waals surface area contributed by atoms with Crippen LogP contribution < -0.4 is 9.47 Å². The summed E-state index contributed by atoms with van der Waals surface area (Å²) in [4.78, 5) is 40.3. The lowest BCUT2D eigenvalue weighted by molar-refractivity contribution is -0.199. The van der Waals surface area contributed by atoms with Crippen LogP contribution in [-0.4, -0.2) is 45.4 Å². The average molecular weight is 547 g/mol. The molecule has 1 N–H and O–H groups in total. The summed E-state index contributed by atoms with van der Waals surface area (Å²) in [6, 6.07) is 0. The predicted molar refractivity (Wildman–Crippen MR) is 150 cm³/mol. The predicted octanol–water partition coefficient (Wildman–Crippen LogP) is 5.71. The van der Waals surface area contributed by atoms with Gasteiger partial charge in [0.15, 0.2) is 22.8 Å². The highest BCUT2D eigenvalue weighted by Crippen LogP contribution is 2.70. The molecule has 3 aliphatic heterocycles. The fraction of sp³-hybridized carbons (Fsp3) is 0.545. The SMILES string of the molecule is CC(C)=CCc1c2c(c(O)c3c1O[C@@]14C(C[C@@H]5CC1C(C)(C)O[C@]4(C/C=C(\C)C=O)C5=O)C3=O)C=CC(C)(C)O2. The van der Waals surface area contributed by atoms with Crippen molar-refractivity contribution in [3.05, 3.63) is 46.1 Å². The third kappa shape index (κ3) is 3.36. The number of hydrogen-bond donors (Lipinski definition) is 1. The van der Waals surface area contributed by atoms with E-state index in [0.717, 1.165) is 11.9 Å². The van der Waals surface area contributed by atoms with E-state index in [1.807, 2.05) is 59.8 Å². The molecule has 0 radical (unpaired) electrons. The molecule has 1 aromatic rings. The number of phenolic OH excluding ortho intramolecular Hbond substituents is 1. The number of Topliss-reactive ketones (excluding diaryl/α,β-unsaturated/α-hetero) is 2. The Bertz CT molecular complexity index is 1450.